The summed E-state index contributed by atoms with van der Waals surface area (Å²) in [4.78, 5) is 4.31. The van der Waals surface area contributed by atoms with Gasteiger partial charge in [0, 0.05) is 35.5 Å². The molecule has 0 radical (unpaired) electrons. The molecule has 1 heterocycles. The van der Waals surface area contributed by atoms with Crippen LogP contribution in [0.4, 0.5) is 0 Å². The van der Waals surface area contributed by atoms with Crippen molar-refractivity contribution in [3.63, 3.8) is 0 Å². The molecular weight excluding hydrogens is 448 g/mol. The molecule has 0 spiro atoms. The molecule has 0 bridgehead atoms. The lowest BCUT2D eigenvalue weighted by Gasteiger charge is -2.16. The predicted octanol–water partition coefficient (Wildman–Crippen LogP) is 3.86. The molecule has 1 atom stereocenters. The van der Waals surface area contributed by atoms with Gasteiger partial charge in [0.25, 0.3) is 0 Å². The van der Waals surface area contributed by atoms with Crippen molar-refractivity contribution in [2.24, 2.45) is 10.7 Å². The van der Waals surface area contributed by atoms with E-state index < -0.39 is 0 Å². The Labute approximate surface area is 163 Å². The largest absolute Gasteiger partial charge is 0.370 e. The van der Waals surface area contributed by atoms with Crippen molar-refractivity contribution in [1.82, 2.24) is 15.1 Å². The van der Waals surface area contributed by atoms with Crippen molar-refractivity contribution in [2.45, 2.75) is 25.9 Å². The molecule has 0 aliphatic carbocycles. The first-order valence-corrected chi connectivity index (χ1v) is 7.80. The minimum atomic E-state index is -0.0420. The van der Waals surface area contributed by atoms with Crippen LogP contribution in [0.3, 0.4) is 0 Å². The van der Waals surface area contributed by atoms with E-state index >= 15 is 0 Å². The van der Waals surface area contributed by atoms with Crippen molar-refractivity contribution in [2.75, 3.05) is 6.54 Å². The fourth-order valence-corrected chi connectivity index (χ4v) is 2.63. The van der Waals surface area contributed by atoms with Crippen molar-refractivity contribution in [1.29, 1.82) is 0 Å². The maximum absolute atomic E-state index is 6.18. The summed E-state index contributed by atoms with van der Waals surface area (Å²) in [5.41, 5.74) is 6.83. The van der Waals surface area contributed by atoms with Crippen LogP contribution >= 0.6 is 47.2 Å². The summed E-state index contributed by atoms with van der Waals surface area (Å²) in [6, 6.07) is 7.26. The first kappa shape index (κ1) is 20.1. The van der Waals surface area contributed by atoms with Gasteiger partial charge in [-0.1, -0.05) is 29.3 Å². The number of nitrogens with zero attached hydrogens (tertiary/aromatic N) is 3. The highest BCUT2D eigenvalue weighted by Crippen LogP contribution is 2.25. The monoisotopic (exact) mass is 467 g/mol. The van der Waals surface area contributed by atoms with Crippen LogP contribution in [0.15, 0.2) is 41.7 Å². The van der Waals surface area contributed by atoms with E-state index in [1.54, 1.807) is 18.3 Å². The van der Waals surface area contributed by atoms with Gasteiger partial charge in [-0.05, 0) is 37.1 Å². The average Bonchev–Trinajstić information content (AvgIpc) is 2.96. The summed E-state index contributed by atoms with van der Waals surface area (Å²) in [5, 5.41) is 8.48. The van der Waals surface area contributed by atoms with Gasteiger partial charge in [-0.2, -0.15) is 5.10 Å². The molecule has 1 unspecified atom stereocenters. The van der Waals surface area contributed by atoms with Gasteiger partial charge in [-0.15, -0.1) is 24.0 Å². The van der Waals surface area contributed by atoms with E-state index in [0.717, 1.165) is 18.5 Å². The number of nitrogens with two attached hydrogens (primary N) is 1. The zero-order chi connectivity index (χ0) is 15.9. The molecule has 1 aromatic heterocycles. The van der Waals surface area contributed by atoms with Crippen LogP contribution in [0.1, 0.15) is 24.9 Å². The molecule has 23 heavy (non-hydrogen) atoms. The number of guanidine groups is 1. The zero-order valence-electron chi connectivity index (χ0n) is 12.7. The van der Waals surface area contributed by atoms with E-state index in [2.05, 4.69) is 15.4 Å². The Morgan fingerprint density at radius 1 is 1.43 bits per heavy atom. The number of nitrogens with one attached hydrogen (secondary N) is 1. The molecule has 5 nitrogen and oxygen atoms in total. The number of benzene rings is 1. The van der Waals surface area contributed by atoms with Crippen molar-refractivity contribution < 1.29 is 0 Å². The van der Waals surface area contributed by atoms with Gasteiger partial charge in [0.15, 0.2) is 5.96 Å². The smallest absolute Gasteiger partial charge is 0.189 e. The van der Waals surface area contributed by atoms with Gasteiger partial charge in [0.1, 0.15) is 0 Å². The summed E-state index contributed by atoms with van der Waals surface area (Å²) < 4.78 is 1.87. The van der Waals surface area contributed by atoms with Gasteiger partial charge in [0.2, 0.25) is 0 Å². The molecule has 8 heteroatoms. The van der Waals surface area contributed by atoms with Crippen molar-refractivity contribution in [3.05, 3.63) is 52.3 Å². The molecule has 0 fully saturated rings. The minimum Gasteiger partial charge on any atom is -0.370 e. The van der Waals surface area contributed by atoms with Crippen LogP contribution in [-0.2, 0) is 6.54 Å². The number of aryl methyl sites for hydroxylation is 1. The molecule has 2 rings (SSSR count). The van der Waals surface area contributed by atoms with E-state index in [0.29, 0.717) is 22.5 Å². The summed E-state index contributed by atoms with van der Waals surface area (Å²) in [5.74, 6) is 0.402. The topological polar surface area (TPSA) is 68.2 Å². The third-order valence-electron chi connectivity index (χ3n) is 3.18. The third kappa shape index (κ3) is 6.56. The minimum absolute atomic E-state index is 0. The van der Waals surface area contributed by atoms with Crippen LogP contribution in [0.5, 0.6) is 0 Å². The van der Waals surface area contributed by atoms with Gasteiger partial charge < -0.3 is 11.1 Å². The summed E-state index contributed by atoms with van der Waals surface area (Å²) >= 11 is 12.1. The molecule has 126 valence electrons. The number of rotatable bonds is 6. The molecule has 0 aliphatic heterocycles. The van der Waals surface area contributed by atoms with Crippen LogP contribution in [-0.4, -0.2) is 22.3 Å². The van der Waals surface area contributed by atoms with Gasteiger partial charge >= 0.3 is 0 Å². The molecule has 0 amide bonds. The summed E-state index contributed by atoms with van der Waals surface area (Å²) in [7, 11) is 0. The van der Waals surface area contributed by atoms with Crippen LogP contribution in [0.25, 0.3) is 0 Å². The predicted molar refractivity (Wildman–Crippen MR) is 107 cm³/mol. The zero-order valence-corrected chi connectivity index (χ0v) is 16.6. The second kappa shape index (κ2) is 10.00. The fourth-order valence-electron chi connectivity index (χ4n) is 2.06. The SMILES string of the molecule is CC(NC(N)=NCCCn1cccn1)c1ccc(Cl)cc1Cl.I. The number of hydrogen-bond donors (Lipinski definition) is 2. The second-order valence-electron chi connectivity index (χ2n) is 4.92. The quantitative estimate of drug-likeness (QED) is 0.293. The van der Waals surface area contributed by atoms with E-state index in [1.807, 2.05) is 29.9 Å². The van der Waals surface area contributed by atoms with Crippen LogP contribution in [0, 0.1) is 0 Å². The number of hydrogen-bond acceptors (Lipinski definition) is 2. The fraction of sp³-hybridized carbons (Fsp3) is 0.333. The van der Waals surface area contributed by atoms with Gasteiger partial charge in [-0.3, -0.25) is 9.67 Å². The Hall–Kier alpha value is -0.990. The number of aliphatic imine (C=N–C) groups is 1. The highest BCUT2D eigenvalue weighted by molar-refractivity contribution is 14.0. The molecule has 0 aliphatic rings. The first-order chi connectivity index (χ1) is 10.6. The van der Waals surface area contributed by atoms with Crippen LogP contribution < -0.4 is 11.1 Å². The van der Waals surface area contributed by atoms with E-state index in [1.165, 1.54) is 0 Å². The lowest BCUT2D eigenvalue weighted by molar-refractivity contribution is 0.584. The Morgan fingerprint density at radius 3 is 2.87 bits per heavy atom. The van der Waals surface area contributed by atoms with E-state index in [4.69, 9.17) is 28.9 Å². The van der Waals surface area contributed by atoms with Crippen molar-refractivity contribution in [3.8, 4) is 0 Å². The van der Waals surface area contributed by atoms with Crippen molar-refractivity contribution >= 4 is 53.1 Å². The Kier molecular flexibility index (Phi) is 8.72. The lowest BCUT2D eigenvalue weighted by atomic mass is 10.1. The Balaban J connectivity index is 0.00000264. The van der Waals surface area contributed by atoms with Crippen LogP contribution in [0.2, 0.25) is 10.0 Å². The maximum atomic E-state index is 6.18. The third-order valence-corrected chi connectivity index (χ3v) is 3.74. The maximum Gasteiger partial charge on any atom is 0.189 e. The molecule has 1 aromatic carbocycles. The number of halogens is 3. The Bertz CT molecular complexity index is 631. The Morgan fingerprint density at radius 2 is 2.22 bits per heavy atom. The van der Waals surface area contributed by atoms with E-state index in [9.17, 15) is 0 Å². The van der Waals surface area contributed by atoms with Gasteiger partial charge in [0.05, 0.1) is 6.04 Å². The molecule has 3 N–H and O–H groups in total. The molecular formula is C15H20Cl2IN5. The number of aromatic nitrogens is 2. The first-order valence-electron chi connectivity index (χ1n) is 7.05. The lowest BCUT2D eigenvalue weighted by Crippen LogP contribution is -2.34. The standard InChI is InChI=1S/C15H19Cl2N5.HI/c1-11(13-5-4-12(16)10-14(13)17)21-15(18)19-6-2-8-22-9-3-7-20-22;/h3-5,7,9-11H,2,6,8H2,1H3,(H3,18,19,21);1H. The summed E-state index contributed by atoms with van der Waals surface area (Å²) in [6.45, 7) is 3.43. The molecule has 2 aromatic rings. The highest BCUT2D eigenvalue weighted by Gasteiger charge is 2.10. The summed E-state index contributed by atoms with van der Waals surface area (Å²) in [6.07, 6.45) is 4.56. The highest BCUT2D eigenvalue weighted by atomic mass is 127. The molecule has 0 saturated carbocycles. The van der Waals surface area contributed by atoms with E-state index in [-0.39, 0.29) is 30.0 Å². The van der Waals surface area contributed by atoms with Gasteiger partial charge in [-0.25, -0.2) is 0 Å². The normalized spacial score (nSPS) is 12.6. The average molecular weight is 468 g/mol. The second-order valence-corrected chi connectivity index (χ2v) is 5.77. The molecule has 0 saturated heterocycles.